The van der Waals surface area contributed by atoms with Gasteiger partial charge in [0, 0.05) is 30.8 Å². The minimum atomic E-state index is -0.187. The van der Waals surface area contributed by atoms with Gasteiger partial charge in [-0.15, -0.1) is 0 Å². The van der Waals surface area contributed by atoms with Gasteiger partial charge >= 0.3 is 0 Å². The first-order valence-electron chi connectivity index (χ1n) is 11.2. The van der Waals surface area contributed by atoms with E-state index in [9.17, 15) is 9.90 Å². The normalized spacial score (nSPS) is 21.1. The second-order valence-corrected chi connectivity index (χ2v) is 9.89. The summed E-state index contributed by atoms with van der Waals surface area (Å²) in [5.41, 5.74) is 2.71. The van der Waals surface area contributed by atoms with Crippen LogP contribution in [-0.4, -0.2) is 58.8 Å². The summed E-state index contributed by atoms with van der Waals surface area (Å²) in [6.45, 7) is 5.67. The lowest BCUT2D eigenvalue weighted by molar-refractivity contribution is 0.0944. The van der Waals surface area contributed by atoms with Gasteiger partial charge in [-0.3, -0.25) is 4.79 Å². The highest BCUT2D eigenvalue weighted by molar-refractivity contribution is 7.19. The number of nitrogens with zero attached hydrogens (tertiary/aromatic N) is 4. The van der Waals surface area contributed by atoms with Gasteiger partial charge < -0.3 is 20.6 Å². The standard InChI is InChI=1S/C23H28N6O2S/c1-23(8-11-30)13-29(17-5-3-2-4-16(17)23)19-18-21(27-14-26-19)32-22(28-18)20(31)25-12-15-6-9-24-10-7-15/h2-5,14-15,24,30H,6-13H2,1H3,(H,25,31). The van der Waals surface area contributed by atoms with Gasteiger partial charge in [0.1, 0.15) is 16.7 Å². The molecule has 4 heterocycles. The molecule has 0 radical (unpaired) electrons. The van der Waals surface area contributed by atoms with E-state index in [-0.39, 0.29) is 17.9 Å². The molecule has 8 nitrogen and oxygen atoms in total. The Morgan fingerprint density at radius 2 is 2.12 bits per heavy atom. The number of aromatic nitrogens is 3. The maximum absolute atomic E-state index is 12.8. The summed E-state index contributed by atoms with van der Waals surface area (Å²) in [7, 11) is 0. The van der Waals surface area contributed by atoms with Crippen LogP contribution in [-0.2, 0) is 5.41 Å². The number of amides is 1. The third kappa shape index (κ3) is 3.85. The smallest absolute Gasteiger partial charge is 0.280 e. The van der Waals surface area contributed by atoms with Gasteiger partial charge in [-0.05, 0) is 49.9 Å². The first-order chi connectivity index (χ1) is 15.6. The molecule has 2 aliphatic heterocycles. The van der Waals surface area contributed by atoms with Gasteiger partial charge in [0.25, 0.3) is 5.91 Å². The highest BCUT2D eigenvalue weighted by Crippen LogP contribution is 2.46. The topological polar surface area (TPSA) is 103 Å². The molecular weight excluding hydrogens is 424 g/mol. The zero-order valence-electron chi connectivity index (χ0n) is 18.2. The Balaban J connectivity index is 1.43. The summed E-state index contributed by atoms with van der Waals surface area (Å²) in [5, 5.41) is 16.5. The first kappa shape index (κ1) is 21.2. The van der Waals surface area contributed by atoms with E-state index in [0.717, 1.165) is 31.6 Å². The highest BCUT2D eigenvalue weighted by atomic mass is 32.1. The van der Waals surface area contributed by atoms with Crippen LogP contribution in [0.25, 0.3) is 10.3 Å². The summed E-state index contributed by atoms with van der Waals surface area (Å²) < 4.78 is 0. The summed E-state index contributed by atoms with van der Waals surface area (Å²) in [4.78, 5) is 29.3. The number of thiazole rings is 1. The third-order valence-corrected chi connectivity index (χ3v) is 7.61. The average Bonchev–Trinajstić information content (AvgIpc) is 3.38. The van der Waals surface area contributed by atoms with Crippen LogP contribution in [0, 0.1) is 5.92 Å². The van der Waals surface area contributed by atoms with Gasteiger partial charge in [0.2, 0.25) is 0 Å². The van der Waals surface area contributed by atoms with E-state index in [1.165, 1.54) is 23.2 Å². The van der Waals surface area contributed by atoms with Crippen molar-refractivity contribution in [3.05, 3.63) is 41.2 Å². The summed E-state index contributed by atoms with van der Waals surface area (Å²) in [6.07, 6.45) is 4.36. The second kappa shape index (κ2) is 8.73. The molecule has 168 valence electrons. The van der Waals surface area contributed by atoms with Gasteiger partial charge in [-0.2, -0.15) is 0 Å². The summed E-state index contributed by atoms with van der Waals surface area (Å²) in [5.74, 6) is 1.07. The van der Waals surface area contributed by atoms with Crippen LogP contribution >= 0.6 is 11.3 Å². The Labute approximate surface area is 191 Å². The number of para-hydroxylation sites is 1. The van der Waals surface area contributed by atoms with Crippen molar-refractivity contribution in [2.75, 3.05) is 37.7 Å². The number of fused-ring (bicyclic) bond motifs is 2. The number of anilines is 2. The molecule has 0 saturated carbocycles. The van der Waals surface area contributed by atoms with E-state index < -0.39 is 0 Å². The van der Waals surface area contributed by atoms with Crippen molar-refractivity contribution >= 4 is 39.1 Å². The molecule has 1 aromatic carbocycles. The first-order valence-corrected chi connectivity index (χ1v) is 12.0. The molecule has 1 amide bonds. The molecule has 3 N–H and O–H groups in total. The van der Waals surface area contributed by atoms with Crippen LogP contribution in [0.4, 0.5) is 11.5 Å². The Morgan fingerprint density at radius 1 is 1.31 bits per heavy atom. The van der Waals surface area contributed by atoms with E-state index in [1.807, 2.05) is 12.1 Å². The number of hydrogen-bond acceptors (Lipinski definition) is 8. The van der Waals surface area contributed by atoms with Gasteiger partial charge in [0.15, 0.2) is 10.8 Å². The quantitative estimate of drug-likeness (QED) is 0.528. The SMILES string of the molecule is CC1(CCO)CN(c2ncnc3sc(C(=O)NCC4CCNCC4)nc23)c2ccccc21. The van der Waals surface area contributed by atoms with Crippen molar-refractivity contribution < 1.29 is 9.90 Å². The van der Waals surface area contributed by atoms with Crippen LogP contribution in [0.1, 0.15) is 41.6 Å². The number of rotatable bonds is 6. The molecule has 32 heavy (non-hydrogen) atoms. The second-order valence-electron chi connectivity index (χ2n) is 8.91. The van der Waals surface area contributed by atoms with Crippen LogP contribution in [0.15, 0.2) is 30.6 Å². The number of benzene rings is 1. The number of aliphatic hydroxyl groups is 1. The number of hydrogen-bond donors (Lipinski definition) is 3. The number of piperidine rings is 1. The number of carbonyl (C=O) groups excluding carboxylic acids is 1. The molecule has 1 atom stereocenters. The summed E-state index contributed by atoms with van der Waals surface area (Å²) in [6, 6.07) is 8.23. The highest BCUT2D eigenvalue weighted by Gasteiger charge is 2.40. The minimum Gasteiger partial charge on any atom is -0.396 e. The zero-order chi connectivity index (χ0) is 22.1. The van der Waals surface area contributed by atoms with Crippen LogP contribution in [0.3, 0.4) is 0 Å². The van der Waals surface area contributed by atoms with Crippen molar-refractivity contribution in [2.45, 2.75) is 31.6 Å². The fraction of sp³-hybridized carbons (Fsp3) is 0.478. The van der Waals surface area contributed by atoms with E-state index in [4.69, 9.17) is 0 Å². The Hall–Kier alpha value is -2.62. The van der Waals surface area contributed by atoms with Crippen molar-refractivity contribution in [2.24, 2.45) is 5.92 Å². The van der Waals surface area contributed by atoms with Crippen LogP contribution in [0.2, 0.25) is 0 Å². The Kier molecular flexibility index (Phi) is 5.79. The largest absolute Gasteiger partial charge is 0.396 e. The molecule has 2 aliphatic rings. The van der Waals surface area contributed by atoms with E-state index in [0.29, 0.717) is 46.6 Å². The van der Waals surface area contributed by atoms with Gasteiger partial charge in [0.05, 0.1) is 0 Å². The molecule has 9 heteroatoms. The van der Waals surface area contributed by atoms with E-state index >= 15 is 0 Å². The maximum Gasteiger partial charge on any atom is 0.280 e. The molecule has 1 unspecified atom stereocenters. The number of nitrogens with one attached hydrogen (secondary N) is 2. The number of carbonyl (C=O) groups is 1. The fourth-order valence-electron chi connectivity index (χ4n) is 4.82. The molecule has 0 aliphatic carbocycles. The van der Waals surface area contributed by atoms with Gasteiger partial charge in [-0.25, -0.2) is 15.0 Å². The van der Waals surface area contributed by atoms with E-state index in [2.05, 4.69) is 49.5 Å². The van der Waals surface area contributed by atoms with Crippen LogP contribution < -0.4 is 15.5 Å². The van der Waals surface area contributed by atoms with Crippen molar-refractivity contribution in [1.29, 1.82) is 0 Å². The molecule has 1 fully saturated rings. The lowest BCUT2D eigenvalue weighted by Gasteiger charge is -2.25. The van der Waals surface area contributed by atoms with Crippen molar-refractivity contribution in [3.8, 4) is 0 Å². The molecule has 0 spiro atoms. The third-order valence-electron chi connectivity index (χ3n) is 6.65. The average molecular weight is 453 g/mol. The fourth-order valence-corrected chi connectivity index (χ4v) is 5.64. The lowest BCUT2D eigenvalue weighted by atomic mass is 9.82. The predicted octanol–water partition coefficient (Wildman–Crippen LogP) is 2.61. The van der Waals surface area contributed by atoms with Gasteiger partial charge in [-0.1, -0.05) is 36.5 Å². The molecule has 3 aromatic rings. The molecule has 0 bridgehead atoms. The molecule has 5 rings (SSSR count). The zero-order valence-corrected chi connectivity index (χ0v) is 19.0. The minimum absolute atomic E-state index is 0.121. The van der Waals surface area contributed by atoms with E-state index in [1.54, 1.807) is 0 Å². The molecule has 2 aromatic heterocycles. The lowest BCUT2D eigenvalue weighted by Crippen LogP contribution is -2.35. The maximum atomic E-state index is 12.8. The van der Waals surface area contributed by atoms with Crippen molar-refractivity contribution in [3.63, 3.8) is 0 Å². The molecular formula is C23H28N6O2S. The Morgan fingerprint density at radius 3 is 2.94 bits per heavy atom. The van der Waals surface area contributed by atoms with Crippen molar-refractivity contribution in [1.82, 2.24) is 25.6 Å². The summed E-state index contributed by atoms with van der Waals surface area (Å²) >= 11 is 1.30. The monoisotopic (exact) mass is 452 g/mol. The predicted molar refractivity (Wildman–Crippen MR) is 126 cm³/mol. The molecule has 1 saturated heterocycles. The Bertz CT molecular complexity index is 1130. The number of aliphatic hydroxyl groups excluding tert-OH is 1. The van der Waals surface area contributed by atoms with Crippen LogP contribution in [0.5, 0.6) is 0 Å².